The van der Waals surface area contributed by atoms with Crippen LogP contribution in [-0.2, 0) is 11.0 Å². The zero-order valence-corrected chi connectivity index (χ0v) is 18.8. The molecule has 2 atom stereocenters. The van der Waals surface area contributed by atoms with Gasteiger partial charge in [0, 0.05) is 43.3 Å². The van der Waals surface area contributed by atoms with E-state index in [1.807, 2.05) is 0 Å². The summed E-state index contributed by atoms with van der Waals surface area (Å²) in [5.74, 6) is -5.54. The first-order valence-electron chi connectivity index (χ1n) is 11.1. The van der Waals surface area contributed by atoms with Crippen molar-refractivity contribution >= 4 is 23.1 Å². The second-order valence-electron chi connectivity index (χ2n) is 9.11. The summed E-state index contributed by atoms with van der Waals surface area (Å²) in [4.78, 5) is 33.8. The van der Waals surface area contributed by atoms with E-state index in [0.717, 1.165) is 28.0 Å². The Bertz CT molecular complexity index is 1380. The van der Waals surface area contributed by atoms with Gasteiger partial charge in [-0.25, -0.2) is 22.7 Å². The molecule has 196 valence electrons. The van der Waals surface area contributed by atoms with Crippen LogP contribution in [0.1, 0.15) is 28.8 Å². The number of nitrogens with two attached hydrogens (primary N) is 1. The highest BCUT2D eigenvalue weighted by Crippen LogP contribution is 2.43. The van der Waals surface area contributed by atoms with E-state index in [4.69, 9.17) is 5.73 Å². The van der Waals surface area contributed by atoms with E-state index in [1.54, 1.807) is 0 Å². The topological polar surface area (TPSA) is 119 Å². The van der Waals surface area contributed by atoms with Crippen LogP contribution in [0.25, 0.3) is 16.8 Å². The SMILES string of the molecule is Nc1ncnn2c(-c3cncc(C(=O)N[C@@H]4CN(C(=O)C5CC(F)(F)C5)C[C@@H]4F)c3)cc(C(F)(F)F)c12. The first-order valence-corrected chi connectivity index (χ1v) is 11.1. The van der Waals surface area contributed by atoms with Crippen molar-refractivity contribution < 1.29 is 35.9 Å². The van der Waals surface area contributed by atoms with Crippen molar-refractivity contribution in [3.8, 4) is 11.3 Å². The first-order chi connectivity index (χ1) is 17.3. The van der Waals surface area contributed by atoms with Crippen LogP contribution < -0.4 is 11.1 Å². The monoisotopic (exact) mass is 527 g/mol. The molecule has 1 saturated carbocycles. The lowest BCUT2D eigenvalue weighted by Crippen LogP contribution is -2.47. The Morgan fingerprint density at radius 1 is 1.14 bits per heavy atom. The van der Waals surface area contributed by atoms with Gasteiger partial charge in [-0.3, -0.25) is 14.6 Å². The van der Waals surface area contributed by atoms with Gasteiger partial charge in [0.15, 0.2) is 5.82 Å². The smallest absolute Gasteiger partial charge is 0.382 e. The van der Waals surface area contributed by atoms with Gasteiger partial charge in [0.1, 0.15) is 18.0 Å². The van der Waals surface area contributed by atoms with Gasteiger partial charge < -0.3 is 16.0 Å². The van der Waals surface area contributed by atoms with E-state index in [2.05, 4.69) is 20.4 Å². The predicted molar refractivity (Wildman–Crippen MR) is 116 cm³/mol. The molecule has 2 fully saturated rings. The molecule has 2 amide bonds. The van der Waals surface area contributed by atoms with Gasteiger partial charge in [-0.2, -0.15) is 18.3 Å². The molecule has 15 heteroatoms. The number of aromatic nitrogens is 4. The Morgan fingerprint density at radius 2 is 1.86 bits per heavy atom. The summed E-state index contributed by atoms with van der Waals surface area (Å²) in [7, 11) is 0. The lowest BCUT2D eigenvalue weighted by atomic mass is 9.80. The molecule has 5 rings (SSSR count). The number of amides is 2. The quantitative estimate of drug-likeness (QED) is 0.504. The number of rotatable bonds is 4. The fourth-order valence-corrected chi connectivity index (χ4v) is 4.62. The molecule has 1 aliphatic carbocycles. The minimum absolute atomic E-state index is 0.0584. The van der Waals surface area contributed by atoms with Crippen LogP contribution >= 0.6 is 0 Å². The molecular formula is C22H19F6N7O2. The third-order valence-corrected chi connectivity index (χ3v) is 6.50. The van der Waals surface area contributed by atoms with Crippen molar-refractivity contribution in [3.05, 3.63) is 42.0 Å². The predicted octanol–water partition coefficient (Wildman–Crippen LogP) is 2.72. The molecule has 0 bridgehead atoms. The van der Waals surface area contributed by atoms with Crippen LogP contribution in [0.3, 0.4) is 0 Å². The zero-order chi connectivity index (χ0) is 26.7. The first kappa shape index (κ1) is 24.8. The second-order valence-corrected chi connectivity index (χ2v) is 9.11. The van der Waals surface area contributed by atoms with Gasteiger partial charge in [0.2, 0.25) is 11.8 Å². The summed E-state index contributed by atoms with van der Waals surface area (Å²) >= 11 is 0. The number of nitrogens with one attached hydrogen (secondary N) is 1. The van der Waals surface area contributed by atoms with E-state index < -0.39 is 71.8 Å². The number of carbonyl (C=O) groups excluding carboxylic acids is 2. The molecular weight excluding hydrogens is 508 g/mol. The lowest BCUT2D eigenvalue weighted by Gasteiger charge is -2.36. The largest absolute Gasteiger partial charge is 0.418 e. The Kier molecular flexibility index (Phi) is 5.75. The minimum atomic E-state index is -4.76. The molecule has 1 aliphatic heterocycles. The van der Waals surface area contributed by atoms with E-state index in [9.17, 15) is 35.9 Å². The van der Waals surface area contributed by atoms with Crippen LogP contribution in [0, 0.1) is 5.92 Å². The zero-order valence-electron chi connectivity index (χ0n) is 18.8. The van der Waals surface area contributed by atoms with E-state index in [-0.39, 0.29) is 29.9 Å². The highest BCUT2D eigenvalue weighted by atomic mass is 19.4. The maximum atomic E-state index is 14.6. The van der Waals surface area contributed by atoms with Gasteiger partial charge in [-0.1, -0.05) is 0 Å². The summed E-state index contributed by atoms with van der Waals surface area (Å²) in [6.07, 6.45) is -4.22. The van der Waals surface area contributed by atoms with Crippen LogP contribution in [0.4, 0.5) is 32.2 Å². The van der Waals surface area contributed by atoms with Gasteiger partial charge in [0.25, 0.3) is 5.91 Å². The van der Waals surface area contributed by atoms with Gasteiger partial charge in [-0.15, -0.1) is 0 Å². The normalized spacial score (nSPS) is 21.7. The lowest BCUT2D eigenvalue weighted by molar-refractivity contribution is -0.159. The molecule has 9 nitrogen and oxygen atoms in total. The number of hydrogen-bond acceptors (Lipinski definition) is 6. The van der Waals surface area contributed by atoms with Crippen molar-refractivity contribution in [2.24, 2.45) is 5.92 Å². The molecule has 0 aromatic carbocycles. The third kappa shape index (κ3) is 4.53. The standard InChI is InChI=1S/C22H19F6N7O2/c23-14-7-34(20(37)12-3-21(24,25)4-12)8-15(14)33-19(36)11-1-10(5-30-6-11)16-2-13(22(26,27)28)17-18(29)31-9-32-35(16)17/h1-2,5-6,9,12,14-15H,3-4,7-8H2,(H,33,36)(H2,29,31,32)/t14-,15+/m0/s1. The number of fused-ring (bicyclic) bond motifs is 1. The van der Waals surface area contributed by atoms with Gasteiger partial charge in [0.05, 0.1) is 29.4 Å². The number of alkyl halides is 6. The number of nitrogens with zero attached hydrogens (tertiary/aromatic N) is 5. The number of carbonyl (C=O) groups is 2. The number of pyridine rings is 1. The Hall–Kier alpha value is -3.91. The molecule has 4 heterocycles. The fraction of sp³-hybridized carbons (Fsp3) is 0.409. The van der Waals surface area contributed by atoms with Crippen LogP contribution in [-0.4, -0.2) is 67.5 Å². The summed E-state index contributed by atoms with van der Waals surface area (Å²) in [5, 5.41) is 6.29. The minimum Gasteiger partial charge on any atom is -0.382 e. The molecule has 2 aliphatic rings. The Morgan fingerprint density at radius 3 is 2.54 bits per heavy atom. The summed E-state index contributed by atoms with van der Waals surface area (Å²) in [6, 6.07) is 0.963. The average Bonchev–Trinajstić information content (AvgIpc) is 3.39. The Labute approximate surface area is 204 Å². The second kappa shape index (κ2) is 8.59. The number of nitrogen functional groups attached to an aromatic ring is 1. The highest BCUT2D eigenvalue weighted by molar-refractivity contribution is 5.95. The molecule has 3 aromatic rings. The molecule has 0 radical (unpaired) electrons. The average molecular weight is 527 g/mol. The van der Waals surface area contributed by atoms with E-state index >= 15 is 0 Å². The molecule has 1 saturated heterocycles. The van der Waals surface area contributed by atoms with Crippen LogP contribution in [0.15, 0.2) is 30.9 Å². The fourth-order valence-electron chi connectivity index (χ4n) is 4.62. The van der Waals surface area contributed by atoms with Gasteiger partial charge >= 0.3 is 6.18 Å². The maximum absolute atomic E-state index is 14.6. The molecule has 0 unspecified atom stereocenters. The maximum Gasteiger partial charge on any atom is 0.418 e. The molecule has 37 heavy (non-hydrogen) atoms. The van der Waals surface area contributed by atoms with Crippen molar-refractivity contribution in [2.75, 3.05) is 18.8 Å². The Balaban J connectivity index is 1.35. The van der Waals surface area contributed by atoms with E-state index in [0.29, 0.717) is 0 Å². The third-order valence-electron chi connectivity index (χ3n) is 6.50. The van der Waals surface area contributed by atoms with Crippen molar-refractivity contribution in [1.82, 2.24) is 29.8 Å². The number of hydrogen-bond donors (Lipinski definition) is 2. The van der Waals surface area contributed by atoms with E-state index in [1.165, 1.54) is 12.3 Å². The summed E-state index contributed by atoms with van der Waals surface area (Å²) in [6.45, 7) is -0.545. The number of halogens is 6. The van der Waals surface area contributed by atoms with Crippen LogP contribution in [0.5, 0.6) is 0 Å². The highest BCUT2D eigenvalue weighted by Gasteiger charge is 2.51. The number of likely N-dealkylation sites (tertiary alicyclic amines) is 1. The van der Waals surface area contributed by atoms with Crippen molar-refractivity contribution in [3.63, 3.8) is 0 Å². The van der Waals surface area contributed by atoms with Crippen molar-refractivity contribution in [1.29, 1.82) is 0 Å². The van der Waals surface area contributed by atoms with Gasteiger partial charge in [-0.05, 0) is 12.1 Å². The summed E-state index contributed by atoms with van der Waals surface area (Å²) < 4.78 is 82.5. The number of anilines is 1. The summed E-state index contributed by atoms with van der Waals surface area (Å²) in [5.41, 5.74) is 4.08. The van der Waals surface area contributed by atoms with Crippen LogP contribution in [0.2, 0.25) is 0 Å². The molecule has 3 aromatic heterocycles. The molecule has 0 spiro atoms. The molecule has 3 N–H and O–H groups in total. The van der Waals surface area contributed by atoms with Crippen molar-refractivity contribution in [2.45, 2.75) is 37.2 Å².